The first-order chi connectivity index (χ1) is 7.20. The Morgan fingerprint density at radius 1 is 1.60 bits per heavy atom. The highest BCUT2D eigenvalue weighted by atomic mass is 32.1. The molecule has 0 spiro atoms. The van der Waals surface area contributed by atoms with Crippen molar-refractivity contribution in [3.05, 3.63) is 11.1 Å². The molecule has 2 unspecified atom stereocenters. The van der Waals surface area contributed by atoms with Crippen LogP contribution >= 0.6 is 11.3 Å². The number of hydrogen-bond donors (Lipinski definition) is 1. The van der Waals surface area contributed by atoms with Gasteiger partial charge in [0.15, 0.2) is 5.13 Å². The summed E-state index contributed by atoms with van der Waals surface area (Å²) in [6.45, 7) is 6.37. The van der Waals surface area contributed by atoms with Crippen molar-refractivity contribution < 1.29 is 0 Å². The van der Waals surface area contributed by atoms with Gasteiger partial charge in [-0.05, 0) is 25.7 Å². The molecule has 84 valence electrons. The molecular weight excluding hydrogens is 206 g/mol. The van der Waals surface area contributed by atoms with Gasteiger partial charge in [-0.1, -0.05) is 6.92 Å². The van der Waals surface area contributed by atoms with Crippen LogP contribution in [0.3, 0.4) is 0 Å². The highest BCUT2D eigenvalue weighted by molar-refractivity contribution is 7.15. The molecule has 2 heterocycles. The zero-order valence-corrected chi connectivity index (χ0v) is 10.3. The Bertz CT molecular complexity index is 323. The van der Waals surface area contributed by atoms with Crippen molar-refractivity contribution in [2.75, 3.05) is 11.4 Å². The van der Waals surface area contributed by atoms with Gasteiger partial charge in [0.1, 0.15) is 0 Å². The molecule has 2 N–H and O–H groups in total. The lowest BCUT2D eigenvalue weighted by Gasteiger charge is -2.36. The molecule has 1 saturated heterocycles. The summed E-state index contributed by atoms with van der Waals surface area (Å²) >= 11 is 1.73. The molecular formula is C11H19N3S. The summed E-state index contributed by atoms with van der Waals surface area (Å²) in [5.74, 6) is 0.852. The van der Waals surface area contributed by atoms with Crippen LogP contribution in [0.25, 0.3) is 0 Å². The fourth-order valence-corrected chi connectivity index (χ4v) is 3.13. The predicted octanol–water partition coefficient (Wildman–Crippen LogP) is 2.23. The fourth-order valence-electron chi connectivity index (χ4n) is 2.22. The quantitative estimate of drug-likeness (QED) is 0.839. The van der Waals surface area contributed by atoms with Crippen molar-refractivity contribution in [1.29, 1.82) is 0 Å². The minimum atomic E-state index is 0.607. The van der Waals surface area contributed by atoms with E-state index in [9.17, 15) is 0 Å². The number of hydrogen-bond acceptors (Lipinski definition) is 4. The lowest BCUT2D eigenvalue weighted by Crippen LogP contribution is -2.40. The second kappa shape index (κ2) is 4.49. The molecule has 1 fully saturated rings. The van der Waals surface area contributed by atoms with Gasteiger partial charge in [0.05, 0.1) is 0 Å². The molecule has 15 heavy (non-hydrogen) atoms. The maximum absolute atomic E-state index is 5.60. The number of anilines is 1. The van der Waals surface area contributed by atoms with Crippen molar-refractivity contribution in [3.63, 3.8) is 0 Å². The van der Waals surface area contributed by atoms with Crippen molar-refractivity contribution in [2.24, 2.45) is 11.7 Å². The van der Waals surface area contributed by atoms with E-state index in [1.807, 2.05) is 6.20 Å². The molecule has 0 aliphatic carbocycles. The number of rotatable bonds is 2. The second-order valence-electron chi connectivity index (χ2n) is 4.49. The van der Waals surface area contributed by atoms with Crippen molar-refractivity contribution in [1.82, 2.24) is 4.98 Å². The van der Waals surface area contributed by atoms with Gasteiger partial charge >= 0.3 is 0 Å². The fraction of sp³-hybridized carbons (Fsp3) is 0.727. The van der Waals surface area contributed by atoms with Gasteiger partial charge in [0.2, 0.25) is 0 Å². The number of piperidine rings is 1. The molecule has 0 bridgehead atoms. The Kier molecular flexibility index (Phi) is 3.26. The topological polar surface area (TPSA) is 42.2 Å². The second-order valence-corrected chi connectivity index (χ2v) is 5.58. The summed E-state index contributed by atoms with van der Waals surface area (Å²) < 4.78 is 0. The summed E-state index contributed by atoms with van der Waals surface area (Å²) in [5, 5.41) is 1.15. The van der Waals surface area contributed by atoms with Crippen molar-refractivity contribution in [2.45, 2.75) is 39.3 Å². The Morgan fingerprint density at radius 2 is 2.40 bits per heavy atom. The van der Waals surface area contributed by atoms with Crippen LogP contribution in [0.1, 0.15) is 31.6 Å². The molecule has 0 radical (unpaired) electrons. The van der Waals surface area contributed by atoms with E-state index in [0.717, 1.165) is 17.6 Å². The van der Waals surface area contributed by atoms with Gasteiger partial charge in [-0.15, -0.1) is 11.3 Å². The minimum Gasteiger partial charge on any atom is -0.345 e. The average molecular weight is 225 g/mol. The van der Waals surface area contributed by atoms with E-state index in [1.54, 1.807) is 11.3 Å². The maximum Gasteiger partial charge on any atom is 0.185 e. The van der Waals surface area contributed by atoms with E-state index in [0.29, 0.717) is 12.6 Å². The van der Waals surface area contributed by atoms with Crippen LogP contribution in [-0.2, 0) is 6.54 Å². The summed E-state index contributed by atoms with van der Waals surface area (Å²) in [4.78, 5) is 8.05. The number of nitrogens with zero attached hydrogens (tertiary/aromatic N) is 2. The first kappa shape index (κ1) is 10.9. The SMILES string of the molecule is CC1CCN(c2ncc(CN)s2)C(C)C1. The van der Waals surface area contributed by atoms with Gasteiger partial charge in [0, 0.05) is 30.2 Å². The van der Waals surface area contributed by atoms with Crippen LogP contribution in [0.5, 0.6) is 0 Å². The Labute approximate surface area is 95.3 Å². The normalized spacial score (nSPS) is 27.0. The number of thiazole rings is 1. The molecule has 2 rings (SSSR count). The maximum atomic E-state index is 5.60. The van der Waals surface area contributed by atoms with Gasteiger partial charge in [-0.25, -0.2) is 4.98 Å². The summed E-state index contributed by atoms with van der Waals surface area (Å²) in [6, 6.07) is 0.616. The number of nitrogens with two attached hydrogens (primary N) is 1. The van der Waals surface area contributed by atoms with Crippen LogP contribution in [0.4, 0.5) is 5.13 Å². The van der Waals surface area contributed by atoms with Crippen LogP contribution in [-0.4, -0.2) is 17.6 Å². The molecule has 1 aliphatic rings. The van der Waals surface area contributed by atoms with E-state index in [2.05, 4.69) is 23.7 Å². The molecule has 3 nitrogen and oxygen atoms in total. The summed E-state index contributed by atoms with van der Waals surface area (Å²) in [5.41, 5.74) is 5.60. The lowest BCUT2D eigenvalue weighted by atomic mass is 9.94. The third-order valence-electron chi connectivity index (χ3n) is 3.13. The molecule has 1 aromatic heterocycles. The smallest absolute Gasteiger partial charge is 0.185 e. The molecule has 0 amide bonds. The van der Waals surface area contributed by atoms with Crippen LogP contribution in [0.2, 0.25) is 0 Å². The molecule has 1 aliphatic heterocycles. The molecule has 1 aromatic rings. The van der Waals surface area contributed by atoms with E-state index in [-0.39, 0.29) is 0 Å². The Balaban J connectivity index is 2.09. The van der Waals surface area contributed by atoms with E-state index >= 15 is 0 Å². The Hall–Kier alpha value is -0.610. The average Bonchev–Trinajstić information content (AvgIpc) is 2.66. The van der Waals surface area contributed by atoms with Gasteiger partial charge in [0.25, 0.3) is 0 Å². The highest BCUT2D eigenvalue weighted by Crippen LogP contribution is 2.30. The van der Waals surface area contributed by atoms with Gasteiger partial charge in [-0.3, -0.25) is 0 Å². The van der Waals surface area contributed by atoms with Gasteiger partial charge < -0.3 is 10.6 Å². The van der Waals surface area contributed by atoms with E-state index in [4.69, 9.17) is 5.73 Å². The predicted molar refractivity (Wildman–Crippen MR) is 65.2 cm³/mol. The zero-order valence-electron chi connectivity index (χ0n) is 9.44. The summed E-state index contributed by atoms with van der Waals surface area (Å²) in [7, 11) is 0. The standard InChI is InChI=1S/C11H19N3S/c1-8-3-4-14(9(2)5-8)11-13-7-10(6-12)15-11/h7-9H,3-6,12H2,1-2H3. The van der Waals surface area contributed by atoms with Gasteiger partial charge in [-0.2, -0.15) is 0 Å². The molecule has 0 saturated carbocycles. The Morgan fingerprint density at radius 3 is 3.00 bits per heavy atom. The molecule has 2 atom stereocenters. The third kappa shape index (κ3) is 2.32. The zero-order chi connectivity index (χ0) is 10.8. The van der Waals surface area contributed by atoms with Crippen molar-refractivity contribution >= 4 is 16.5 Å². The largest absolute Gasteiger partial charge is 0.345 e. The first-order valence-corrected chi connectivity index (χ1v) is 6.43. The van der Waals surface area contributed by atoms with Crippen molar-refractivity contribution in [3.8, 4) is 0 Å². The third-order valence-corrected chi connectivity index (χ3v) is 4.18. The monoisotopic (exact) mass is 225 g/mol. The van der Waals surface area contributed by atoms with Crippen LogP contribution in [0, 0.1) is 5.92 Å². The summed E-state index contributed by atoms with van der Waals surface area (Å²) in [6.07, 6.45) is 4.46. The minimum absolute atomic E-state index is 0.607. The van der Waals surface area contributed by atoms with Crippen LogP contribution in [0.15, 0.2) is 6.20 Å². The number of aromatic nitrogens is 1. The van der Waals surface area contributed by atoms with E-state index < -0.39 is 0 Å². The van der Waals surface area contributed by atoms with Crippen LogP contribution < -0.4 is 10.6 Å². The lowest BCUT2D eigenvalue weighted by molar-refractivity contribution is 0.377. The molecule has 0 aromatic carbocycles. The highest BCUT2D eigenvalue weighted by Gasteiger charge is 2.24. The first-order valence-electron chi connectivity index (χ1n) is 5.62. The van der Waals surface area contributed by atoms with E-state index in [1.165, 1.54) is 17.7 Å². The molecule has 4 heteroatoms.